The van der Waals surface area contributed by atoms with E-state index in [4.69, 9.17) is 5.73 Å². The summed E-state index contributed by atoms with van der Waals surface area (Å²) in [6.07, 6.45) is 3.78. The number of aromatic nitrogens is 1. The molecular formula is C13H19N3O2. The Morgan fingerprint density at radius 1 is 1.50 bits per heavy atom. The van der Waals surface area contributed by atoms with Gasteiger partial charge in [-0.1, -0.05) is 0 Å². The second-order valence-corrected chi connectivity index (χ2v) is 4.56. The molecule has 0 unspecified atom stereocenters. The molecule has 0 bridgehead atoms. The summed E-state index contributed by atoms with van der Waals surface area (Å²) in [5, 5.41) is 0. The molecule has 0 atom stereocenters. The summed E-state index contributed by atoms with van der Waals surface area (Å²) in [7, 11) is 1.37. The molecule has 1 fully saturated rings. The smallest absolute Gasteiger partial charge is 0.339 e. The highest BCUT2D eigenvalue weighted by atomic mass is 16.5. The number of methoxy groups -OCH3 is 1. The molecule has 0 spiro atoms. The van der Waals surface area contributed by atoms with E-state index in [1.165, 1.54) is 7.11 Å². The molecule has 1 aliphatic rings. The van der Waals surface area contributed by atoms with E-state index in [9.17, 15) is 4.79 Å². The minimum absolute atomic E-state index is 0.351. The molecule has 2 rings (SSSR count). The second-order valence-electron chi connectivity index (χ2n) is 4.56. The first-order valence-electron chi connectivity index (χ1n) is 6.24. The van der Waals surface area contributed by atoms with Crippen LogP contribution in [0, 0.1) is 5.92 Å². The zero-order chi connectivity index (χ0) is 13.0. The number of hydrogen-bond donors (Lipinski definition) is 1. The average molecular weight is 249 g/mol. The lowest BCUT2D eigenvalue weighted by molar-refractivity contribution is 0.0600. The van der Waals surface area contributed by atoms with Gasteiger partial charge in [0.2, 0.25) is 0 Å². The molecule has 18 heavy (non-hydrogen) atoms. The van der Waals surface area contributed by atoms with Gasteiger partial charge in [0.05, 0.1) is 12.7 Å². The minimum atomic E-state index is -0.351. The Kier molecular flexibility index (Phi) is 4.15. The highest BCUT2D eigenvalue weighted by Crippen LogP contribution is 2.21. The van der Waals surface area contributed by atoms with Crippen LogP contribution in [0.1, 0.15) is 23.2 Å². The maximum atomic E-state index is 11.3. The van der Waals surface area contributed by atoms with E-state index in [-0.39, 0.29) is 5.97 Å². The highest BCUT2D eigenvalue weighted by molar-refractivity contribution is 5.89. The monoisotopic (exact) mass is 249 g/mol. The molecule has 98 valence electrons. The van der Waals surface area contributed by atoms with Crippen LogP contribution in [0.15, 0.2) is 18.3 Å². The maximum absolute atomic E-state index is 11.3. The average Bonchev–Trinajstić information content (AvgIpc) is 2.47. The van der Waals surface area contributed by atoms with Crippen molar-refractivity contribution >= 4 is 11.8 Å². The van der Waals surface area contributed by atoms with Gasteiger partial charge in [0.25, 0.3) is 0 Å². The first-order valence-corrected chi connectivity index (χ1v) is 6.24. The van der Waals surface area contributed by atoms with Crippen LogP contribution < -0.4 is 10.6 Å². The summed E-state index contributed by atoms with van der Waals surface area (Å²) in [6, 6.07) is 3.62. The van der Waals surface area contributed by atoms with Gasteiger partial charge in [0.1, 0.15) is 5.82 Å². The van der Waals surface area contributed by atoms with Crippen molar-refractivity contribution in [2.24, 2.45) is 11.7 Å². The Morgan fingerprint density at radius 2 is 2.22 bits per heavy atom. The van der Waals surface area contributed by atoms with E-state index < -0.39 is 0 Å². The van der Waals surface area contributed by atoms with Gasteiger partial charge in [-0.05, 0) is 37.4 Å². The number of piperidine rings is 1. The summed E-state index contributed by atoms with van der Waals surface area (Å²) < 4.78 is 4.64. The highest BCUT2D eigenvalue weighted by Gasteiger charge is 2.19. The predicted molar refractivity (Wildman–Crippen MR) is 69.6 cm³/mol. The van der Waals surface area contributed by atoms with Gasteiger partial charge in [0.15, 0.2) is 0 Å². The molecule has 5 heteroatoms. The number of rotatable bonds is 3. The fraction of sp³-hybridized carbons (Fsp3) is 0.538. The summed E-state index contributed by atoms with van der Waals surface area (Å²) >= 11 is 0. The van der Waals surface area contributed by atoms with E-state index in [0.29, 0.717) is 11.5 Å². The third-order valence-corrected chi connectivity index (χ3v) is 3.44. The lowest BCUT2D eigenvalue weighted by atomic mass is 9.97. The second kappa shape index (κ2) is 5.82. The fourth-order valence-electron chi connectivity index (χ4n) is 2.21. The summed E-state index contributed by atoms with van der Waals surface area (Å²) in [4.78, 5) is 17.8. The minimum Gasteiger partial charge on any atom is -0.465 e. The van der Waals surface area contributed by atoms with Crippen LogP contribution in [-0.2, 0) is 4.74 Å². The molecule has 0 amide bonds. The van der Waals surface area contributed by atoms with Crippen LogP contribution in [0.25, 0.3) is 0 Å². The molecule has 0 aromatic carbocycles. The Hall–Kier alpha value is -1.62. The third-order valence-electron chi connectivity index (χ3n) is 3.44. The zero-order valence-electron chi connectivity index (χ0n) is 10.6. The van der Waals surface area contributed by atoms with Gasteiger partial charge < -0.3 is 15.4 Å². The molecule has 5 nitrogen and oxygen atoms in total. The van der Waals surface area contributed by atoms with Crippen LogP contribution in [0.5, 0.6) is 0 Å². The number of ether oxygens (including phenoxy) is 1. The number of esters is 1. The van der Waals surface area contributed by atoms with E-state index in [2.05, 4.69) is 14.6 Å². The van der Waals surface area contributed by atoms with Crippen molar-refractivity contribution < 1.29 is 9.53 Å². The van der Waals surface area contributed by atoms with Crippen molar-refractivity contribution in [3.63, 3.8) is 0 Å². The van der Waals surface area contributed by atoms with Crippen molar-refractivity contribution in [3.8, 4) is 0 Å². The Labute approximate surface area is 107 Å². The van der Waals surface area contributed by atoms with Crippen molar-refractivity contribution in [3.05, 3.63) is 23.9 Å². The molecule has 1 aliphatic heterocycles. The van der Waals surface area contributed by atoms with E-state index in [1.807, 2.05) is 6.07 Å². The SMILES string of the molecule is COC(=O)c1ccc(N2CCC(CN)CC2)nc1. The van der Waals surface area contributed by atoms with Crippen LogP contribution in [0.2, 0.25) is 0 Å². The van der Waals surface area contributed by atoms with Crippen LogP contribution in [0.4, 0.5) is 5.82 Å². The molecule has 2 heterocycles. The lowest BCUT2D eigenvalue weighted by Crippen LogP contribution is -2.36. The van der Waals surface area contributed by atoms with E-state index in [0.717, 1.165) is 38.3 Å². The lowest BCUT2D eigenvalue weighted by Gasteiger charge is -2.32. The van der Waals surface area contributed by atoms with Crippen LogP contribution >= 0.6 is 0 Å². The molecule has 0 saturated carbocycles. The molecule has 1 saturated heterocycles. The van der Waals surface area contributed by atoms with Crippen molar-refractivity contribution in [1.29, 1.82) is 0 Å². The van der Waals surface area contributed by atoms with Crippen molar-refractivity contribution in [1.82, 2.24) is 4.98 Å². The first kappa shape index (κ1) is 12.8. The number of nitrogens with zero attached hydrogens (tertiary/aromatic N) is 2. The number of nitrogens with two attached hydrogens (primary N) is 1. The Morgan fingerprint density at radius 3 is 2.72 bits per heavy atom. The zero-order valence-corrected chi connectivity index (χ0v) is 10.6. The van der Waals surface area contributed by atoms with Crippen molar-refractivity contribution in [2.45, 2.75) is 12.8 Å². The molecule has 0 aliphatic carbocycles. The number of anilines is 1. The molecule has 2 N–H and O–H groups in total. The number of carbonyl (C=O) groups is 1. The topological polar surface area (TPSA) is 68.5 Å². The van der Waals surface area contributed by atoms with Gasteiger partial charge >= 0.3 is 5.97 Å². The van der Waals surface area contributed by atoms with Gasteiger partial charge in [-0.15, -0.1) is 0 Å². The van der Waals surface area contributed by atoms with Crippen LogP contribution in [0.3, 0.4) is 0 Å². The maximum Gasteiger partial charge on any atom is 0.339 e. The van der Waals surface area contributed by atoms with Gasteiger partial charge in [0, 0.05) is 19.3 Å². The standard InChI is InChI=1S/C13H19N3O2/c1-18-13(17)11-2-3-12(15-9-11)16-6-4-10(8-14)5-7-16/h2-3,9-10H,4-8,14H2,1H3. The summed E-state index contributed by atoms with van der Waals surface area (Å²) in [6.45, 7) is 2.72. The quantitative estimate of drug-likeness (QED) is 0.811. The number of carbonyl (C=O) groups excluding carboxylic acids is 1. The Bertz CT molecular complexity index is 397. The largest absolute Gasteiger partial charge is 0.465 e. The predicted octanol–water partition coefficient (Wildman–Crippen LogP) is 1.04. The van der Waals surface area contributed by atoms with E-state index in [1.54, 1.807) is 12.3 Å². The van der Waals surface area contributed by atoms with Gasteiger partial charge in [-0.25, -0.2) is 9.78 Å². The fourth-order valence-corrected chi connectivity index (χ4v) is 2.21. The number of hydrogen-bond acceptors (Lipinski definition) is 5. The van der Waals surface area contributed by atoms with Crippen LogP contribution in [-0.4, -0.2) is 37.7 Å². The summed E-state index contributed by atoms with van der Waals surface area (Å²) in [5.41, 5.74) is 6.15. The molecule has 0 radical (unpaired) electrons. The third kappa shape index (κ3) is 2.79. The molecule has 1 aromatic rings. The first-order chi connectivity index (χ1) is 8.74. The molecule has 1 aromatic heterocycles. The van der Waals surface area contributed by atoms with Crippen molar-refractivity contribution in [2.75, 3.05) is 31.6 Å². The van der Waals surface area contributed by atoms with Gasteiger partial charge in [-0.3, -0.25) is 0 Å². The molecular weight excluding hydrogens is 230 g/mol. The van der Waals surface area contributed by atoms with E-state index >= 15 is 0 Å². The number of pyridine rings is 1. The van der Waals surface area contributed by atoms with Gasteiger partial charge in [-0.2, -0.15) is 0 Å². The summed E-state index contributed by atoms with van der Waals surface area (Å²) in [5.74, 6) is 1.20. The normalized spacial score (nSPS) is 16.7. The Balaban J connectivity index is 2.00.